The number of nitrogens with zero attached hydrogens (tertiary/aromatic N) is 3. The first-order valence-electron chi connectivity index (χ1n) is 10.2. The fourth-order valence-electron chi connectivity index (χ4n) is 3.09. The topological polar surface area (TPSA) is 91.0 Å². The van der Waals surface area contributed by atoms with E-state index in [0.29, 0.717) is 11.0 Å². The maximum absolute atomic E-state index is 12.7. The summed E-state index contributed by atoms with van der Waals surface area (Å²) in [6.07, 6.45) is 0.820. The minimum Gasteiger partial charge on any atom is -0.335 e. The summed E-state index contributed by atoms with van der Waals surface area (Å²) in [5, 5.41) is 10.1. The smallest absolute Gasteiger partial charge is 0.243 e. The predicted molar refractivity (Wildman–Crippen MR) is 124 cm³/mol. The van der Waals surface area contributed by atoms with E-state index in [1.807, 2.05) is 62.4 Å². The van der Waals surface area contributed by atoms with Crippen molar-refractivity contribution in [2.45, 2.75) is 37.6 Å². The van der Waals surface area contributed by atoms with Gasteiger partial charge in [0.2, 0.25) is 17.0 Å². The molecule has 3 aromatic rings. The van der Waals surface area contributed by atoms with Gasteiger partial charge in [0.15, 0.2) is 5.82 Å². The molecule has 0 saturated heterocycles. The van der Waals surface area contributed by atoms with Gasteiger partial charge in [0.05, 0.1) is 11.8 Å². The number of likely N-dealkylation sites (N-methyl/N-ethyl adjacent to an activating group) is 1. The Hall–Kier alpha value is -3.13. The highest BCUT2D eigenvalue weighted by Crippen LogP contribution is 2.24. The molecular weight excluding hydrogens is 410 g/mol. The minimum absolute atomic E-state index is 0.0234. The van der Waals surface area contributed by atoms with Gasteiger partial charge in [-0.15, -0.1) is 5.10 Å². The van der Waals surface area contributed by atoms with E-state index in [2.05, 4.69) is 20.5 Å². The number of aryl methyl sites for hydroxylation is 2. The minimum atomic E-state index is -0.428. The molecule has 0 aliphatic rings. The van der Waals surface area contributed by atoms with Crippen molar-refractivity contribution in [3.05, 3.63) is 59.7 Å². The van der Waals surface area contributed by atoms with Gasteiger partial charge in [-0.1, -0.05) is 66.7 Å². The molecule has 7 nitrogen and oxygen atoms in total. The van der Waals surface area contributed by atoms with E-state index in [4.69, 9.17) is 0 Å². The second-order valence-corrected chi connectivity index (χ2v) is 8.65. The number of rotatable bonds is 8. The van der Waals surface area contributed by atoms with Gasteiger partial charge in [-0.25, -0.2) is 4.98 Å². The number of aromatic nitrogens is 3. The van der Waals surface area contributed by atoms with Crippen molar-refractivity contribution in [3.8, 4) is 11.4 Å². The molecule has 0 bridgehead atoms. The third kappa shape index (κ3) is 5.95. The van der Waals surface area contributed by atoms with Crippen molar-refractivity contribution in [2.24, 2.45) is 0 Å². The largest absolute Gasteiger partial charge is 0.335 e. The first-order chi connectivity index (χ1) is 14.9. The van der Waals surface area contributed by atoms with Crippen molar-refractivity contribution in [2.75, 3.05) is 18.9 Å². The number of thioether (sulfide) groups is 1. The van der Waals surface area contributed by atoms with Crippen LogP contribution in [0.5, 0.6) is 0 Å². The Morgan fingerprint density at radius 1 is 1.16 bits per heavy atom. The van der Waals surface area contributed by atoms with E-state index in [1.54, 1.807) is 14.0 Å². The molecule has 2 aromatic carbocycles. The van der Waals surface area contributed by atoms with Gasteiger partial charge in [-0.3, -0.25) is 14.7 Å². The number of nitrogens with one attached hydrogen (secondary N) is 2. The quantitative estimate of drug-likeness (QED) is 0.521. The van der Waals surface area contributed by atoms with Crippen molar-refractivity contribution < 1.29 is 9.59 Å². The molecule has 0 fully saturated rings. The molecule has 0 aliphatic heterocycles. The summed E-state index contributed by atoms with van der Waals surface area (Å²) in [5.41, 5.74) is 3.94. The molecule has 2 amide bonds. The molecule has 1 atom stereocenters. The van der Waals surface area contributed by atoms with Crippen LogP contribution in [0.2, 0.25) is 0 Å². The summed E-state index contributed by atoms with van der Waals surface area (Å²) in [7, 11) is 1.63. The van der Waals surface area contributed by atoms with Crippen LogP contribution in [0.4, 0.5) is 5.69 Å². The Balaban J connectivity index is 1.55. The van der Waals surface area contributed by atoms with E-state index in [1.165, 1.54) is 22.2 Å². The number of hydrogen-bond donors (Lipinski definition) is 2. The zero-order valence-electron chi connectivity index (χ0n) is 18.2. The van der Waals surface area contributed by atoms with Crippen LogP contribution in [0.25, 0.3) is 11.4 Å². The molecule has 31 heavy (non-hydrogen) atoms. The molecule has 0 saturated carbocycles. The maximum Gasteiger partial charge on any atom is 0.243 e. The fraction of sp³-hybridized carbons (Fsp3) is 0.304. The Morgan fingerprint density at radius 2 is 1.87 bits per heavy atom. The zero-order valence-corrected chi connectivity index (χ0v) is 19.0. The van der Waals surface area contributed by atoms with Crippen LogP contribution >= 0.6 is 11.8 Å². The maximum atomic E-state index is 12.7. The lowest BCUT2D eigenvalue weighted by Gasteiger charge is -2.20. The highest BCUT2D eigenvalue weighted by Gasteiger charge is 2.22. The molecule has 8 heteroatoms. The second-order valence-electron chi connectivity index (χ2n) is 7.35. The third-order valence-corrected chi connectivity index (χ3v) is 5.80. The number of carbonyl (C=O) groups excluding carboxylic acids is 2. The summed E-state index contributed by atoms with van der Waals surface area (Å²) in [5.74, 6) is 0.267. The van der Waals surface area contributed by atoms with Gasteiger partial charge < -0.3 is 10.2 Å². The molecule has 1 unspecified atom stereocenters. The van der Waals surface area contributed by atoms with Gasteiger partial charge >= 0.3 is 0 Å². The third-order valence-electron chi connectivity index (χ3n) is 4.85. The number of anilines is 1. The first-order valence-corrected chi connectivity index (χ1v) is 11.0. The molecule has 1 aromatic heterocycles. The van der Waals surface area contributed by atoms with Crippen molar-refractivity contribution in [3.63, 3.8) is 0 Å². The van der Waals surface area contributed by atoms with Crippen LogP contribution in [0, 0.1) is 6.92 Å². The normalized spacial score (nSPS) is 11.7. The lowest BCUT2D eigenvalue weighted by molar-refractivity contribution is -0.132. The molecule has 3 rings (SSSR count). The number of benzene rings is 2. The fourth-order valence-corrected chi connectivity index (χ4v) is 3.93. The van der Waals surface area contributed by atoms with Crippen LogP contribution in [-0.4, -0.2) is 50.7 Å². The van der Waals surface area contributed by atoms with Crippen LogP contribution < -0.4 is 5.32 Å². The van der Waals surface area contributed by atoms with Gasteiger partial charge in [0.1, 0.15) is 0 Å². The molecule has 0 aliphatic carbocycles. The number of para-hydroxylation sites is 1. The average Bonchev–Trinajstić information content (AvgIpc) is 3.22. The molecule has 1 heterocycles. The average molecular weight is 438 g/mol. The van der Waals surface area contributed by atoms with Gasteiger partial charge in [-0.2, -0.15) is 0 Å². The molecule has 0 spiro atoms. The number of aromatic amines is 1. The van der Waals surface area contributed by atoms with Crippen LogP contribution in [0.1, 0.15) is 25.0 Å². The zero-order chi connectivity index (χ0) is 22.4. The highest BCUT2D eigenvalue weighted by molar-refractivity contribution is 8.00. The van der Waals surface area contributed by atoms with Crippen molar-refractivity contribution in [1.82, 2.24) is 20.1 Å². The summed E-state index contributed by atoms with van der Waals surface area (Å²) >= 11 is 1.26. The lowest BCUT2D eigenvalue weighted by atomic mass is 10.1. The monoisotopic (exact) mass is 437 g/mol. The second kappa shape index (κ2) is 10.3. The Labute approximate surface area is 186 Å². The summed E-state index contributed by atoms with van der Waals surface area (Å²) in [6, 6.07) is 15.6. The van der Waals surface area contributed by atoms with Crippen molar-refractivity contribution in [1.29, 1.82) is 0 Å². The van der Waals surface area contributed by atoms with Gasteiger partial charge in [0.25, 0.3) is 0 Å². The molecular formula is C23H27N5O2S. The van der Waals surface area contributed by atoms with Crippen molar-refractivity contribution >= 4 is 29.3 Å². The summed E-state index contributed by atoms with van der Waals surface area (Å²) < 4.78 is 0. The Morgan fingerprint density at radius 3 is 2.58 bits per heavy atom. The van der Waals surface area contributed by atoms with Crippen LogP contribution in [0.15, 0.2) is 53.7 Å². The highest BCUT2D eigenvalue weighted by atomic mass is 32.2. The Kier molecular flexibility index (Phi) is 7.46. The Bertz CT molecular complexity index is 1050. The summed E-state index contributed by atoms with van der Waals surface area (Å²) in [4.78, 5) is 31.1. The molecule has 2 N–H and O–H groups in total. The first kappa shape index (κ1) is 22.6. The van der Waals surface area contributed by atoms with E-state index in [9.17, 15) is 9.59 Å². The van der Waals surface area contributed by atoms with E-state index >= 15 is 0 Å². The van der Waals surface area contributed by atoms with Crippen LogP contribution in [0.3, 0.4) is 0 Å². The van der Waals surface area contributed by atoms with Gasteiger partial charge in [-0.05, 0) is 31.9 Å². The lowest BCUT2D eigenvalue weighted by Crippen LogP contribution is -2.39. The van der Waals surface area contributed by atoms with E-state index in [0.717, 1.165) is 23.2 Å². The number of carbonyl (C=O) groups is 2. The van der Waals surface area contributed by atoms with E-state index < -0.39 is 5.25 Å². The van der Waals surface area contributed by atoms with Crippen LogP contribution in [-0.2, 0) is 16.0 Å². The van der Waals surface area contributed by atoms with E-state index in [-0.39, 0.29) is 18.4 Å². The van der Waals surface area contributed by atoms with Gasteiger partial charge in [0, 0.05) is 18.3 Å². The molecule has 162 valence electrons. The number of H-pyrrole nitrogens is 1. The molecule has 0 radical (unpaired) electrons. The summed E-state index contributed by atoms with van der Waals surface area (Å²) in [6.45, 7) is 5.82. The number of amides is 2. The predicted octanol–water partition coefficient (Wildman–Crippen LogP) is 3.92. The standard InChI is InChI=1S/C23H27N5O2S/c1-5-17-8-6-7-9-19(17)24-20(29)14-28(4)22(30)16(3)31-23-25-21(26-27-23)18-12-10-15(2)11-13-18/h6-13,16H,5,14H2,1-4H3,(H,24,29)(H,25,26,27). The number of hydrogen-bond acceptors (Lipinski definition) is 5. The SMILES string of the molecule is CCc1ccccc1NC(=O)CN(C)C(=O)C(C)Sc1n[nH]c(-c2ccc(C)cc2)n1.